The third kappa shape index (κ3) is 5.56. The summed E-state index contributed by atoms with van der Waals surface area (Å²) in [6, 6.07) is 5.89. The van der Waals surface area contributed by atoms with Crippen LogP contribution in [0.25, 0.3) is 11.1 Å². The minimum Gasteiger partial charge on any atom is -0.548 e. The Balaban J connectivity index is 1.90. The Kier molecular flexibility index (Phi) is 7.42. The fourth-order valence-electron chi connectivity index (χ4n) is 3.88. The molecule has 0 fully saturated rings. The highest BCUT2D eigenvalue weighted by molar-refractivity contribution is 7.89. The van der Waals surface area contributed by atoms with Gasteiger partial charge in [0.2, 0.25) is 20.0 Å². The van der Waals surface area contributed by atoms with Gasteiger partial charge in [0.1, 0.15) is 0 Å². The van der Waals surface area contributed by atoms with Crippen molar-refractivity contribution in [2.24, 2.45) is 11.8 Å². The van der Waals surface area contributed by atoms with Crippen LogP contribution in [0.1, 0.15) is 38.8 Å². The molecule has 35 heavy (non-hydrogen) atoms. The van der Waals surface area contributed by atoms with E-state index in [4.69, 9.17) is 0 Å². The normalized spacial score (nSPS) is 15.0. The standard InChI is InChI=1S/C23H28N2O8S2/c1-12(2)20(22(26)27)24-34(30,31)16-5-7-18-14(10-16)9-15-11-17(6-8-19(15)18)35(32,33)25-21(13(3)4)23(28)29/h5-8,10-13,20-21,24-25H,9H2,1-4H3,(H,26,27)(H,28,29)/p-2/t20-,21+. The molecule has 0 amide bonds. The Morgan fingerprint density at radius 1 is 0.714 bits per heavy atom. The molecule has 0 unspecified atom stereocenters. The van der Waals surface area contributed by atoms with Gasteiger partial charge in [-0.2, -0.15) is 0 Å². The second kappa shape index (κ2) is 9.69. The van der Waals surface area contributed by atoms with E-state index in [2.05, 4.69) is 9.44 Å². The van der Waals surface area contributed by atoms with Gasteiger partial charge < -0.3 is 19.8 Å². The van der Waals surface area contributed by atoms with Crippen LogP contribution in [0.15, 0.2) is 46.2 Å². The molecule has 1 aliphatic carbocycles. The predicted molar refractivity (Wildman–Crippen MR) is 123 cm³/mol. The number of rotatable bonds is 10. The second-order valence-corrected chi connectivity index (χ2v) is 12.6. The first-order valence-electron chi connectivity index (χ1n) is 10.9. The monoisotopic (exact) mass is 522 g/mol. The number of hydrogen-bond donors (Lipinski definition) is 2. The SMILES string of the molecule is CC(C)[C@H](NS(=O)(=O)c1ccc2c(c1)Cc1cc(S(=O)(=O)N[C@@H](C(=O)[O-])C(C)C)ccc1-2)C(=O)[O-]. The summed E-state index contributed by atoms with van der Waals surface area (Å²) in [5, 5.41) is 22.6. The van der Waals surface area contributed by atoms with Crippen LogP contribution in [-0.2, 0) is 36.1 Å². The summed E-state index contributed by atoms with van der Waals surface area (Å²) in [6.45, 7) is 6.22. The van der Waals surface area contributed by atoms with Crippen LogP contribution in [0.3, 0.4) is 0 Å². The number of hydrogen-bond acceptors (Lipinski definition) is 8. The van der Waals surface area contributed by atoms with Crippen LogP contribution in [0.4, 0.5) is 0 Å². The molecule has 12 heteroatoms. The molecule has 0 radical (unpaired) electrons. The van der Waals surface area contributed by atoms with Crippen molar-refractivity contribution in [2.45, 2.75) is 56.0 Å². The first kappa shape index (κ1) is 26.8. The molecule has 0 aliphatic heterocycles. The summed E-state index contributed by atoms with van der Waals surface area (Å²) in [7, 11) is -8.32. The zero-order valence-electron chi connectivity index (χ0n) is 19.6. The smallest absolute Gasteiger partial charge is 0.241 e. The minimum absolute atomic E-state index is 0.126. The van der Waals surface area contributed by atoms with Gasteiger partial charge in [0, 0.05) is 0 Å². The van der Waals surface area contributed by atoms with Crippen molar-refractivity contribution in [3.63, 3.8) is 0 Å². The van der Waals surface area contributed by atoms with Gasteiger partial charge in [-0.05, 0) is 64.8 Å². The van der Waals surface area contributed by atoms with E-state index < -0.39 is 55.9 Å². The van der Waals surface area contributed by atoms with Gasteiger partial charge in [-0.15, -0.1) is 0 Å². The molecular weight excluding hydrogens is 496 g/mol. The topological polar surface area (TPSA) is 173 Å². The van der Waals surface area contributed by atoms with Crippen LogP contribution < -0.4 is 19.7 Å². The number of carboxylic acid groups (broad SMARTS) is 2. The van der Waals surface area contributed by atoms with Crippen molar-refractivity contribution in [1.82, 2.24) is 9.44 Å². The van der Waals surface area contributed by atoms with Crippen molar-refractivity contribution in [3.8, 4) is 11.1 Å². The average Bonchev–Trinajstić information content (AvgIpc) is 3.12. The number of carbonyl (C=O) groups excluding carboxylic acids is 2. The molecule has 0 saturated carbocycles. The van der Waals surface area contributed by atoms with Gasteiger partial charge in [0.05, 0.1) is 33.8 Å². The minimum atomic E-state index is -4.16. The quantitative estimate of drug-likeness (QED) is 0.354. The maximum absolute atomic E-state index is 12.8. The van der Waals surface area contributed by atoms with E-state index in [1.165, 1.54) is 24.3 Å². The molecular formula is C23H26N2O8S2-2. The van der Waals surface area contributed by atoms with Crippen molar-refractivity contribution in [1.29, 1.82) is 0 Å². The van der Waals surface area contributed by atoms with E-state index in [9.17, 15) is 36.6 Å². The van der Waals surface area contributed by atoms with Gasteiger partial charge >= 0.3 is 0 Å². The first-order valence-corrected chi connectivity index (χ1v) is 13.8. The number of nitrogens with one attached hydrogen (secondary N) is 2. The molecule has 0 bridgehead atoms. The highest BCUT2D eigenvalue weighted by Crippen LogP contribution is 2.38. The van der Waals surface area contributed by atoms with Gasteiger partial charge in [-0.3, -0.25) is 0 Å². The second-order valence-electron chi connectivity index (χ2n) is 9.14. The number of carboxylic acids is 2. The largest absolute Gasteiger partial charge is 0.548 e. The molecule has 3 rings (SSSR count). The summed E-state index contributed by atoms with van der Waals surface area (Å²) in [6.07, 6.45) is 0.236. The van der Waals surface area contributed by atoms with Gasteiger partial charge in [-0.1, -0.05) is 39.8 Å². The Hall–Kier alpha value is -2.80. The predicted octanol–water partition coefficient (Wildman–Crippen LogP) is -0.637. The first-order chi connectivity index (χ1) is 16.1. The molecule has 0 aromatic heterocycles. The third-order valence-electron chi connectivity index (χ3n) is 5.85. The molecule has 0 saturated heterocycles. The Labute approximate surface area is 204 Å². The highest BCUT2D eigenvalue weighted by atomic mass is 32.2. The summed E-state index contributed by atoms with van der Waals surface area (Å²) < 4.78 is 55.4. The Morgan fingerprint density at radius 3 is 1.34 bits per heavy atom. The average molecular weight is 523 g/mol. The maximum Gasteiger partial charge on any atom is 0.241 e. The lowest BCUT2D eigenvalue weighted by Gasteiger charge is -2.23. The molecule has 0 spiro atoms. The lowest BCUT2D eigenvalue weighted by molar-refractivity contribution is -0.310. The van der Waals surface area contributed by atoms with E-state index in [0.29, 0.717) is 22.3 Å². The Bertz CT molecular complexity index is 1280. The summed E-state index contributed by atoms with van der Waals surface area (Å²) >= 11 is 0. The molecule has 10 nitrogen and oxygen atoms in total. The molecule has 190 valence electrons. The van der Waals surface area contributed by atoms with E-state index in [-0.39, 0.29) is 16.2 Å². The van der Waals surface area contributed by atoms with Crippen LogP contribution in [0.5, 0.6) is 0 Å². The molecule has 1 aliphatic rings. The van der Waals surface area contributed by atoms with Crippen LogP contribution in [-0.4, -0.2) is 40.9 Å². The molecule has 2 aromatic carbocycles. The lowest BCUT2D eigenvalue weighted by Crippen LogP contribution is -2.50. The number of sulfonamides is 2. The highest BCUT2D eigenvalue weighted by Gasteiger charge is 2.28. The third-order valence-corrected chi connectivity index (χ3v) is 8.73. The van der Waals surface area contributed by atoms with Crippen molar-refractivity contribution in [3.05, 3.63) is 47.5 Å². The van der Waals surface area contributed by atoms with E-state index >= 15 is 0 Å². The van der Waals surface area contributed by atoms with Crippen LogP contribution in [0.2, 0.25) is 0 Å². The number of carbonyl (C=O) groups is 2. The fourth-order valence-corrected chi connectivity index (χ4v) is 6.65. The summed E-state index contributed by atoms with van der Waals surface area (Å²) in [4.78, 5) is 22.4. The maximum atomic E-state index is 12.8. The fraction of sp³-hybridized carbons (Fsp3) is 0.391. The zero-order valence-corrected chi connectivity index (χ0v) is 21.2. The van der Waals surface area contributed by atoms with Gasteiger partial charge in [0.25, 0.3) is 0 Å². The van der Waals surface area contributed by atoms with Gasteiger partial charge in [0.15, 0.2) is 0 Å². The summed E-state index contributed by atoms with van der Waals surface area (Å²) in [5.74, 6) is -4.12. The molecule has 2 N–H and O–H groups in total. The van der Waals surface area contributed by atoms with Crippen molar-refractivity contribution < 1.29 is 36.6 Å². The molecule has 2 aromatic rings. The van der Waals surface area contributed by atoms with E-state index in [0.717, 1.165) is 0 Å². The van der Waals surface area contributed by atoms with Gasteiger partial charge in [-0.25, -0.2) is 26.3 Å². The van der Waals surface area contributed by atoms with Crippen molar-refractivity contribution >= 4 is 32.0 Å². The number of aliphatic carboxylic acids is 2. The van der Waals surface area contributed by atoms with E-state index in [1.807, 2.05) is 0 Å². The van der Waals surface area contributed by atoms with Crippen LogP contribution >= 0.6 is 0 Å². The summed E-state index contributed by atoms with van der Waals surface area (Å²) in [5.41, 5.74) is 2.67. The number of fused-ring (bicyclic) bond motifs is 3. The van der Waals surface area contributed by atoms with Crippen LogP contribution in [0, 0.1) is 11.8 Å². The van der Waals surface area contributed by atoms with E-state index in [1.54, 1.807) is 39.8 Å². The zero-order chi connectivity index (χ0) is 26.3. The number of benzene rings is 2. The molecule has 0 heterocycles. The molecule has 2 atom stereocenters. The van der Waals surface area contributed by atoms with Crippen molar-refractivity contribution in [2.75, 3.05) is 0 Å². The Morgan fingerprint density at radius 2 is 1.06 bits per heavy atom. The lowest BCUT2D eigenvalue weighted by atomic mass is 10.1.